The monoisotopic (exact) mass is 708 g/mol. The van der Waals surface area contributed by atoms with Gasteiger partial charge in [0.25, 0.3) is 5.69 Å². The van der Waals surface area contributed by atoms with Crippen LogP contribution in [0.15, 0.2) is 89.8 Å². The van der Waals surface area contributed by atoms with Crippen LogP contribution in [0.3, 0.4) is 0 Å². The van der Waals surface area contributed by atoms with Crippen LogP contribution in [-0.4, -0.2) is 73.1 Å². The van der Waals surface area contributed by atoms with Crippen LogP contribution in [0, 0.1) is 22.0 Å². The molecule has 13 heteroatoms. The Morgan fingerprint density at radius 3 is 1.98 bits per heavy atom. The molecule has 3 N–H and O–H groups in total. The summed E-state index contributed by atoms with van der Waals surface area (Å²) in [5.41, 5.74) is 1.48. The van der Waals surface area contributed by atoms with Crippen LogP contribution in [0.5, 0.6) is 0 Å². The molecule has 0 unspecified atom stereocenters. The highest BCUT2D eigenvalue weighted by molar-refractivity contribution is 7.89. The fourth-order valence-corrected chi connectivity index (χ4v) is 7.90. The Bertz CT molecular complexity index is 1610. The number of sulfonamides is 1. The molecule has 0 aliphatic heterocycles. The first kappa shape index (κ1) is 38.5. The van der Waals surface area contributed by atoms with Crippen molar-refractivity contribution < 1.29 is 32.8 Å². The smallest absolute Gasteiger partial charge is 0.407 e. The maximum Gasteiger partial charge on any atom is 0.407 e. The molecule has 3 aromatic rings. The number of aliphatic hydroxyl groups excluding tert-OH is 1. The first-order valence-corrected chi connectivity index (χ1v) is 18.5. The van der Waals surface area contributed by atoms with Crippen molar-refractivity contribution in [1.82, 2.24) is 14.9 Å². The SMILES string of the molecule is COC(=O)N[C@H](C(=O)N[C@H](CCC[C@@H](CO)N(CCC(C)C)S(=O)(=O)c1ccc([N+](=O)[O-])cc1)C1CC1)C(c1ccccc1)c1ccccc1. The second kappa shape index (κ2) is 18.1. The quantitative estimate of drug-likeness (QED) is 0.107. The van der Waals surface area contributed by atoms with Crippen LogP contribution >= 0.6 is 0 Å². The average molecular weight is 709 g/mol. The molecule has 1 aliphatic carbocycles. The summed E-state index contributed by atoms with van der Waals surface area (Å²) in [5, 5.41) is 27.6. The van der Waals surface area contributed by atoms with E-state index in [0.717, 1.165) is 36.1 Å². The molecule has 0 spiro atoms. The van der Waals surface area contributed by atoms with Gasteiger partial charge in [0, 0.05) is 36.7 Å². The fourth-order valence-electron chi connectivity index (χ4n) is 6.24. The van der Waals surface area contributed by atoms with E-state index in [1.165, 1.54) is 23.5 Å². The maximum atomic E-state index is 14.1. The van der Waals surface area contributed by atoms with Gasteiger partial charge < -0.3 is 20.5 Å². The number of nitro benzene ring substituents is 1. The molecule has 0 aromatic heterocycles. The molecule has 0 saturated heterocycles. The molecule has 270 valence electrons. The molecule has 0 bridgehead atoms. The zero-order valence-electron chi connectivity index (χ0n) is 28.8. The van der Waals surface area contributed by atoms with Gasteiger partial charge in [-0.3, -0.25) is 14.9 Å². The maximum absolute atomic E-state index is 14.1. The molecule has 50 heavy (non-hydrogen) atoms. The van der Waals surface area contributed by atoms with Crippen molar-refractivity contribution in [2.75, 3.05) is 20.3 Å². The minimum atomic E-state index is -4.08. The lowest BCUT2D eigenvalue weighted by Gasteiger charge is -2.31. The van der Waals surface area contributed by atoms with Gasteiger partial charge in [-0.2, -0.15) is 4.31 Å². The Morgan fingerprint density at radius 2 is 1.50 bits per heavy atom. The number of benzene rings is 3. The fraction of sp³-hybridized carbons (Fsp3) is 0.459. The number of amides is 2. The third-order valence-corrected chi connectivity index (χ3v) is 11.1. The minimum Gasteiger partial charge on any atom is -0.453 e. The van der Waals surface area contributed by atoms with Crippen LogP contribution in [0.25, 0.3) is 0 Å². The summed E-state index contributed by atoms with van der Waals surface area (Å²) >= 11 is 0. The van der Waals surface area contributed by atoms with Gasteiger partial charge in [0.2, 0.25) is 15.9 Å². The van der Waals surface area contributed by atoms with Gasteiger partial charge in [-0.1, -0.05) is 74.5 Å². The highest BCUT2D eigenvalue weighted by atomic mass is 32.2. The molecule has 1 saturated carbocycles. The van der Waals surface area contributed by atoms with E-state index in [1.807, 2.05) is 74.5 Å². The van der Waals surface area contributed by atoms with Crippen molar-refractivity contribution in [2.45, 2.75) is 81.3 Å². The van der Waals surface area contributed by atoms with Crippen molar-refractivity contribution >= 4 is 27.7 Å². The van der Waals surface area contributed by atoms with E-state index in [2.05, 4.69) is 10.6 Å². The molecule has 4 rings (SSSR count). The van der Waals surface area contributed by atoms with E-state index < -0.39 is 45.6 Å². The zero-order chi connectivity index (χ0) is 36.3. The number of carbonyl (C=O) groups excluding carboxylic acids is 2. The predicted molar refractivity (Wildman–Crippen MR) is 190 cm³/mol. The number of aliphatic hydroxyl groups is 1. The van der Waals surface area contributed by atoms with E-state index in [-0.39, 0.29) is 40.9 Å². The second-order valence-corrected chi connectivity index (χ2v) is 15.1. The third kappa shape index (κ3) is 10.3. The molecule has 3 aromatic carbocycles. The first-order chi connectivity index (χ1) is 24.0. The summed E-state index contributed by atoms with van der Waals surface area (Å²) in [4.78, 5) is 37.2. The lowest BCUT2D eigenvalue weighted by molar-refractivity contribution is -0.384. The van der Waals surface area contributed by atoms with E-state index >= 15 is 0 Å². The number of carbonyl (C=O) groups is 2. The number of hydrogen-bond acceptors (Lipinski definition) is 8. The number of non-ortho nitro benzene ring substituents is 1. The number of nitro groups is 1. The van der Waals surface area contributed by atoms with Crippen LogP contribution in [0.1, 0.15) is 69.4 Å². The van der Waals surface area contributed by atoms with Gasteiger partial charge in [0.15, 0.2) is 0 Å². The number of rotatable bonds is 19. The Hall–Kier alpha value is -4.33. The highest BCUT2D eigenvalue weighted by Gasteiger charge is 2.38. The summed E-state index contributed by atoms with van der Waals surface area (Å²) in [7, 11) is -2.83. The standard InChI is InChI=1S/C37H48N4O8S/c1-26(2)23-24-40(50(47,48)32-21-19-30(20-22-32)41(45)46)31(25-42)15-10-16-33(27-17-18-27)38-36(43)35(39-37(44)49-3)34(28-11-6-4-7-12-28)29-13-8-5-9-14-29/h4-9,11-14,19-22,26-27,31,33-35,42H,10,15-18,23-25H2,1-3H3,(H,38,43)(H,39,44)/t31-,33+,35-/m0/s1. The van der Waals surface area contributed by atoms with E-state index in [1.54, 1.807) is 0 Å². The predicted octanol–water partition coefficient (Wildman–Crippen LogP) is 5.61. The molecule has 1 aliphatic rings. The average Bonchev–Trinajstić information content (AvgIpc) is 3.96. The molecule has 0 radical (unpaired) electrons. The summed E-state index contributed by atoms with van der Waals surface area (Å²) in [6.07, 6.45) is 3.07. The number of methoxy groups -OCH3 is 1. The normalized spacial score (nSPS) is 15.0. The summed E-state index contributed by atoms with van der Waals surface area (Å²) in [6, 6.07) is 21.8. The molecule has 2 amide bonds. The summed E-state index contributed by atoms with van der Waals surface area (Å²) in [6.45, 7) is 3.73. The second-order valence-electron chi connectivity index (χ2n) is 13.2. The van der Waals surface area contributed by atoms with Crippen LogP contribution in [0.4, 0.5) is 10.5 Å². The van der Waals surface area contributed by atoms with Gasteiger partial charge in [-0.25, -0.2) is 13.2 Å². The van der Waals surface area contributed by atoms with Gasteiger partial charge in [-0.15, -0.1) is 0 Å². The van der Waals surface area contributed by atoms with Crippen molar-refractivity contribution in [3.63, 3.8) is 0 Å². The van der Waals surface area contributed by atoms with Crippen molar-refractivity contribution in [1.29, 1.82) is 0 Å². The van der Waals surface area contributed by atoms with Gasteiger partial charge in [0.1, 0.15) is 6.04 Å². The number of ether oxygens (including phenoxy) is 1. The van der Waals surface area contributed by atoms with Crippen molar-refractivity contribution in [2.24, 2.45) is 11.8 Å². The van der Waals surface area contributed by atoms with Gasteiger partial charge in [-0.05, 0) is 73.6 Å². The first-order valence-electron chi connectivity index (χ1n) is 17.1. The molecule has 0 heterocycles. The molecular weight excluding hydrogens is 660 g/mol. The summed E-state index contributed by atoms with van der Waals surface area (Å²) < 4.78 is 33.9. The Balaban J connectivity index is 1.53. The molecule has 12 nitrogen and oxygen atoms in total. The summed E-state index contributed by atoms with van der Waals surface area (Å²) in [5.74, 6) is -0.434. The van der Waals surface area contributed by atoms with E-state index in [0.29, 0.717) is 25.7 Å². The lowest BCUT2D eigenvalue weighted by Crippen LogP contribution is -2.53. The number of nitrogens with one attached hydrogen (secondary N) is 2. The Morgan fingerprint density at radius 1 is 0.920 bits per heavy atom. The Labute approximate surface area is 294 Å². The van der Waals surface area contributed by atoms with E-state index in [4.69, 9.17) is 4.74 Å². The van der Waals surface area contributed by atoms with Crippen LogP contribution < -0.4 is 10.6 Å². The van der Waals surface area contributed by atoms with E-state index in [9.17, 15) is 33.2 Å². The van der Waals surface area contributed by atoms with Gasteiger partial charge >= 0.3 is 6.09 Å². The molecular formula is C37H48N4O8S. The Kier molecular flexibility index (Phi) is 13.9. The number of hydrogen-bond donors (Lipinski definition) is 3. The zero-order valence-corrected chi connectivity index (χ0v) is 29.6. The van der Waals surface area contributed by atoms with Crippen molar-refractivity contribution in [3.8, 4) is 0 Å². The van der Waals surface area contributed by atoms with Crippen LogP contribution in [0.2, 0.25) is 0 Å². The third-order valence-electron chi connectivity index (χ3n) is 9.16. The minimum absolute atomic E-state index is 0.0797. The van der Waals surface area contributed by atoms with Crippen LogP contribution in [-0.2, 0) is 19.6 Å². The lowest BCUT2D eigenvalue weighted by atomic mass is 9.84. The number of nitrogens with zero attached hydrogens (tertiary/aromatic N) is 2. The molecule has 1 fully saturated rings. The molecule has 3 atom stereocenters. The van der Waals surface area contributed by atoms with Gasteiger partial charge in [0.05, 0.1) is 23.5 Å². The largest absolute Gasteiger partial charge is 0.453 e. The highest BCUT2D eigenvalue weighted by Crippen LogP contribution is 2.36. The topological polar surface area (TPSA) is 168 Å². The number of alkyl carbamates (subject to hydrolysis) is 1. The van der Waals surface area contributed by atoms with Crippen molar-refractivity contribution in [3.05, 3.63) is 106 Å².